The van der Waals surface area contributed by atoms with Crippen LogP contribution in [0, 0.1) is 21.8 Å². The van der Waals surface area contributed by atoms with Crippen molar-refractivity contribution in [3.63, 3.8) is 0 Å². The maximum Gasteiger partial charge on any atom is 0.270 e. The van der Waals surface area contributed by atoms with Gasteiger partial charge in [-0.25, -0.2) is 4.39 Å². The molecule has 1 amide bonds. The third-order valence-electron chi connectivity index (χ3n) is 3.44. The minimum absolute atomic E-state index is 0.177. The molecular weight excluding hydrogens is 267 g/mol. The fraction of sp³-hybridized carbons (Fsp3) is 0.462. The lowest BCUT2D eigenvalue weighted by Gasteiger charge is -2.19. The van der Waals surface area contributed by atoms with Crippen LogP contribution in [-0.4, -0.2) is 30.1 Å². The van der Waals surface area contributed by atoms with E-state index in [1.165, 1.54) is 0 Å². The largest absolute Gasteiger partial charge is 0.381 e. The molecule has 0 bridgehead atoms. The molecule has 1 N–H and O–H groups in total. The van der Waals surface area contributed by atoms with Gasteiger partial charge in [0.15, 0.2) is 0 Å². The van der Waals surface area contributed by atoms with E-state index in [9.17, 15) is 19.3 Å². The summed E-state index contributed by atoms with van der Waals surface area (Å²) in [5, 5.41) is 13.3. The molecule has 1 fully saturated rings. The van der Waals surface area contributed by atoms with Crippen molar-refractivity contribution in [2.45, 2.75) is 19.4 Å². The van der Waals surface area contributed by atoms with Gasteiger partial charge in [0.05, 0.1) is 17.1 Å². The standard InChI is InChI=1S/C13H15FN2O4/c1-8(9-4-5-20-7-9)15-13(17)11-6-10(16(18)19)2-3-12(11)14/h2-3,6,8-9H,4-5,7H2,1H3,(H,15,17). The predicted molar refractivity (Wildman–Crippen MR) is 68.9 cm³/mol. The summed E-state index contributed by atoms with van der Waals surface area (Å²) in [7, 11) is 0. The summed E-state index contributed by atoms with van der Waals surface area (Å²) >= 11 is 0. The van der Waals surface area contributed by atoms with Crippen LogP contribution in [0.2, 0.25) is 0 Å². The number of nitrogens with zero attached hydrogens (tertiary/aromatic N) is 1. The number of nitro benzene ring substituents is 1. The Morgan fingerprint density at radius 3 is 2.95 bits per heavy atom. The lowest BCUT2D eigenvalue weighted by Crippen LogP contribution is -2.38. The first-order valence-electron chi connectivity index (χ1n) is 6.31. The van der Waals surface area contributed by atoms with Crippen molar-refractivity contribution in [2.24, 2.45) is 5.92 Å². The molecule has 0 aliphatic carbocycles. The van der Waals surface area contributed by atoms with E-state index in [0.717, 1.165) is 24.6 Å². The van der Waals surface area contributed by atoms with E-state index in [1.807, 2.05) is 6.92 Å². The fourth-order valence-corrected chi connectivity index (χ4v) is 2.15. The Kier molecular flexibility index (Phi) is 4.29. The normalized spacial score (nSPS) is 19.6. The van der Waals surface area contributed by atoms with Crippen LogP contribution in [0.25, 0.3) is 0 Å². The monoisotopic (exact) mass is 282 g/mol. The Morgan fingerprint density at radius 2 is 2.35 bits per heavy atom. The average molecular weight is 282 g/mol. The number of benzene rings is 1. The number of nitro groups is 1. The molecular formula is C13H15FN2O4. The van der Waals surface area contributed by atoms with Gasteiger partial charge in [0.1, 0.15) is 5.82 Å². The number of non-ortho nitro benzene ring substituents is 1. The van der Waals surface area contributed by atoms with Crippen LogP contribution in [0.4, 0.5) is 10.1 Å². The number of halogens is 1. The van der Waals surface area contributed by atoms with Crippen LogP contribution >= 0.6 is 0 Å². The zero-order chi connectivity index (χ0) is 14.7. The van der Waals surface area contributed by atoms with Crippen molar-refractivity contribution >= 4 is 11.6 Å². The van der Waals surface area contributed by atoms with Gasteiger partial charge in [0, 0.05) is 30.7 Å². The fourth-order valence-electron chi connectivity index (χ4n) is 2.15. The van der Waals surface area contributed by atoms with Crippen LogP contribution in [0.1, 0.15) is 23.7 Å². The molecule has 1 saturated heterocycles. The maximum absolute atomic E-state index is 13.6. The summed E-state index contributed by atoms with van der Waals surface area (Å²) < 4.78 is 18.8. The van der Waals surface area contributed by atoms with Gasteiger partial charge in [-0.15, -0.1) is 0 Å². The molecule has 0 radical (unpaired) electrons. The van der Waals surface area contributed by atoms with Gasteiger partial charge < -0.3 is 10.1 Å². The summed E-state index contributed by atoms with van der Waals surface area (Å²) in [5.41, 5.74) is -0.627. The molecule has 0 saturated carbocycles. The molecule has 6 nitrogen and oxygen atoms in total. The number of hydrogen-bond acceptors (Lipinski definition) is 4. The topological polar surface area (TPSA) is 81.5 Å². The zero-order valence-corrected chi connectivity index (χ0v) is 11.0. The molecule has 108 valence electrons. The smallest absolute Gasteiger partial charge is 0.270 e. The second kappa shape index (κ2) is 5.96. The third kappa shape index (κ3) is 3.11. The molecule has 7 heteroatoms. The van der Waals surface area contributed by atoms with E-state index < -0.39 is 16.6 Å². The van der Waals surface area contributed by atoms with E-state index in [2.05, 4.69) is 5.32 Å². The van der Waals surface area contributed by atoms with Gasteiger partial charge in [-0.1, -0.05) is 0 Å². The van der Waals surface area contributed by atoms with Crippen molar-refractivity contribution in [2.75, 3.05) is 13.2 Å². The van der Waals surface area contributed by atoms with Crippen LogP contribution < -0.4 is 5.32 Å². The lowest BCUT2D eigenvalue weighted by molar-refractivity contribution is -0.384. The van der Waals surface area contributed by atoms with E-state index in [4.69, 9.17) is 4.74 Å². The Hall–Kier alpha value is -2.02. The molecule has 0 spiro atoms. The number of amides is 1. The van der Waals surface area contributed by atoms with Crippen molar-refractivity contribution in [1.29, 1.82) is 0 Å². The molecule has 2 unspecified atom stereocenters. The summed E-state index contributed by atoms with van der Waals surface area (Å²) in [5.74, 6) is -1.24. The zero-order valence-electron chi connectivity index (χ0n) is 11.0. The van der Waals surface area contributed by atoms with Crippen LogP contribution in [0.15, 0.2) is 18.2 Å². The SMILES string of the molecule is CC(NC(=O)c1cc([N+](=O)[O-])ccc1F)C1CCOC1. The lowest BCUT2D eigenvalue weighted by atomic mass is 10.0. The second-order valence-corrected chi connectivity index (χ2v) is 4.81. The van der Waals surface area contributed by atoms with Gasteiger partial charge in [-0.3, -0.25) is 14.9 Å². The van der Waals surface area contributed by atoms with Crippen LogP contribution in [0.3, 0.4) is 0 Å². The van der Waals surface area contributed by atoms with Gasteiger partial charge in [-0.2, -0.15) is 0 Å². The van der Waals surface area contributed by atoms with Gasteiger partial charge in [-0.05, 0) is 19.4 Å². The van der Waals surface area contributed by atoms with Gasteiger partial charge >= 0.3 is 0 Å². The summed E-state index contributed by atoms with van der Waals surface area (Å²) in [6.07, 6.45) is 0.832. The molecule has 2 rings (SSSR count). The number of hydrogen-bond donors (Lipinski definition) is 1. The molecule has 1 aliphatic heterocycles. The quantitative estimate of drug-likeness (QED) is 0.675. The van der Waals surface area contributed by atoms with Crippen molar-refractivity contribution in [1.82, 2.24) is 5.32 Å². The highest BCUT2D eigenvalue weighted by atomic mass is 19.1. The first-order valence-corrected chi connectivity index (χ1v) is 6.31. The second-order valence-electron chi connectivity index (χ2n) is 4.81. The number of carbonyl (C=O) groups is 1. The maximum atomic E-state index is 13.6. The van der Waals surface area contributed by atoms with Crippen molar-refractivity contribution < 1.29 is 18.8 Å². The van der Waals surface area contributed by atoms with E-state index in [-0.39, 0.29) is 23.2 Å². The van der Waals surface area contributed by atoms with Crippen LogP contribution in [0.5, 0.6) is 0 Å². The van der Waals surface area contributed by atoms with Crippen molar-refractivity contribution in [3.8, 4) is 0 Å². The van der Waals surface area contributed by atoms with Gasteiger partial charge in [0.2, 0.25) is 0 Å². The molecule has 1 aliphatic rings. The highest BCUT2D eigenvalue weighted by Gasteiger charge is 2.25. The highest BCUT2D eigenvalue weighted by Crippen LogP contribution is 2.19. The summed E-state index contributed by atoms with van der Waals surface area (Å²) in [6, 6.07) is 2.72. The minimum Gasteiger partial charge on any atom is -0.381 e. The van der Waals surface area contributed by atoms with E-state index >= 15 is 0 Å². The Balaban J connectivity index is 2.11. The predicted octanol–water partition coefficient (Wildman–Crippen LogP) is 1.89. The number of rotatable bonds is 4. The molecule has 1 aromatic rings. The molecule has 20 heavy (non-hydrogen) atoms. The first-order chi connectivity index (χ1) is 9.49. The minimum atomic E-state index is -0.775. The third-order valence-corrected chi connectivity index (χ3v) is 3.44. The average Bonchev–Trinajstić information content (AvgIpc) is 2.92. The summed E-state index contributed by atoms with van der Waals surface area (Å²) in [4.78, 5) is 22.0. The summed E-state index contributed by atoms with van der Waals surface area (Å²) in [6.45, 7) is 3.02. The van der Waals surface area contributed by atoms with E-state index in [0.29, 0.717) is 13.2 Å². The Labute approximate surface area is 115 Å². The first kappa shape index (κ1) is 14.4. The molecule has 1 aromatic carbocycles. The Morgan fingerprint density at radius 1 is 1.60 bits per heavy atom. The number of ether oxygens (including phenoxy) is 1. The number of nitrogens with one attached hydrogen (secondary N) is 1. The molecule has 2 atom stereocenters. The molecule has 1 heterocycles. The van der Waals surface area contributed by atoms with Crippen LogP contribution in [-0.2, 0) is 4.74 Å². The highest BCUT2D eigenvalue weighted by molar-refractivity contribution is 5.95. The van der Waals surface area contributed by atoms with E-state index in [1.54, 1.807) is 0 Å². The molecule has 0 aromatic heterocycles. The van der Waals surface area contributed by atoms with Crippen molar-refractivity contribution in [3.05, 3.63) is 39.7 Å². The van der Waals surface area contributed by atoms with Gasteiger partial charge in [0.25, 0.3) is 11.6 Å². The number of carbonyl (C=O) groups excluding carboxylic acids is 1. The Bertz CT molecular complexity index is 529.